The molecule has 0 radical (unpaired) electrons. The van der Waals surface area contributed by atoms with Gasteiger partial charge in [0.1, 0.15) is 5.60 Å². The molecule has 2 amide bonds. The predicted molar refractivity (Wildman–Crippen MR) is 114 cm³/mol. The van der Waals surface area contributed by atoms with Crippen molar-refractivity contribution in [1.82, 2.24) is 19.6 Å². The molecule has 1 spiro atoms. The van der Waals surface area contributed by atoms with E-state index in [1.807, 2.05) is 9.80 Å². The van der Waals surface area contributed by atoms with E-state index in [-0.39, 0.29) is 17.6 Å². The van der Waals surface area contributed by atoms with E-state index in [4.69, 9.17) is 4.74 Å². The van der Waals surface area contributed by atoms with Gasteiger partial charge in [0.05, 0.1) is 12.5 Å². The van der Waals surface area contributed by atoms with E-state index in [0.717, 1.165) is 64.8 Å². The van der Waals surface area contributed by atoms with Gasteiger partial charge in [0.15, 0.2) is 0 Å². The molecule has 3 aliphatic rings. The van der Waals surface area contributed by atoms with Crippen molar-refractivity contribution in [2.75, 3.05) is 66.5 Å². The maximum absolute atomic E-state index is 12.9. The van der Waals surface area contributed by atoms with Crippen LogP contribution in [0.25, 0.3) is 0 Å². The van der Waals surface area contributed by atoms with Gasteiger partial charge in [0.25, 0.3) is 0 Å². The molecule has 7 nitrogen and oxygen atoms in total. The molecule has 0 aromatic rings. The average Bonchev–Trinajstić information content (AvgIpc) is 2.96. The Labute approximate surface area is 176 Å². The number of carbonyl (C=O) groups excluding carboxylic acids is 2. The molecule has 3 saturated heterocycles. The van der Waals surface area contributed by atoms with Crippen molar-refractivity contribution in [3.05, 3.63) is 0 Å². The molecule has 29 heavy (non-hydrogen) atoms. The fraction of sp³-hybridized carbons (Fsp3) is 0.909. The number of piperidine rings is 2. The fourth-order valence-electron chi connectivity index (χ4n) is 5.13. The highest BCUT2D eigenvalue weighted by atomic mass is 16.6. The molecule has 0 aliphatic carbocycles. The number of hydrogen-bond donors (Lipinski definition) is 0. The molecule has 0 bridgehead atoms. The van der Waals surface area contributed by atoms with Crippen LogP contribution in [0.3, 0.4) is 0 Å². The zero-order valence-electron chi connectivity index (χ0n) is 18.9. The lowest BCUT2D eigenvalue weighted by atomic mass is 9.89. The van der Waals surface area contributed by atoms with Crippen LogP contribution in [0, 0.1) is 11.8 Å². The van der Waals surface area contributed by atoms with Gasteiger partial charge in [-0.3, -0.25) is 4.79 Å². The summed E-state index contributed by atoms with van der Waals surface area (Å²) in [5, 5.41) is 0. The Morgan fingerprint density at radius 1 is 1.28 bits per heavy atom. The Balaban J connectivity index is 1.43. The topological polar surface area (TPSA) is 56.3 Å². The van der Waals surface area contributed by atoms with Crippen LogP contribution in [0.2, 0.25) is 0 Å². The van der Waals surface area contributed by atoms with Gasteiger partial charge in [-0.05, 0) is 52.4 Å². The van der Waals surface area contributed by atoms with Crippen molar-refractivity contribution in [2.45, 2.75) is 51.6 Å². The summed E-state index contributed by atoms with van der Waals surface area (Å²) in [6, 6.07) is 0. The summed E-state index contributed by atoms with van der Waals surface area (Å²) in [7, 11) is 4.23. The van der Waals surface area contributed by atoms with Gasteiger partial charge >= 0.3 is 6.09 Å². The van der Waals surface area contributed by atoms with Gasteiger partial charge < -0.3 is 24.3 Å². The molecule has 0 unspecified atom stereocenters. The maximum atomic E-state index is 12.9. The fourth-order valence-corrected chi connectivity index (χ4v) is 5.13. The van der Waals surface area contributed by atoms with Crippen molar-refractivity contribution < 1.29 is 14.3 Å². The van der Waals surface area contributed by atoms with E-state index in [2.05, 4.69) is 37.7 Å². The zero-order valence-corrected chi connectivity index (χ0v) is 18.9. The molecule has 0 aromatic heterocycles. The summed E-state index contributed by atoms with van der Waals surface area (Å²) in [6.45, 7) is 11.3. The first-order chi connectivity index (χ1) is 13.8. The minimum absolute atomic E-state index is 0.133. The number of amides is 2. The SMILES string of the molecule is CC(C)CN(C)CCCN1CC2(CCN(C(=O)[C@H]3CCCN(C)C3)CC2)OC1=O. The summed E-state index contributed by atoms with van der Waals surface area (Å²) in [6.07, 6.45) is 4.41. The standard InChI is InChI=1S/C22H40N4O3/c1-18(2)15-23(3)11-6-12-26-17-22(29-21(26)28)8-13-25(14-9-22)20(27)19-7-5-10-24(4)16-19/h18-19H,5-17H2,1-4H3/t19-/m0/s1. The molecule has 166 valence electrons. The third-order valence-electron chi connectivity index (χ3n) is 6.65. The Kier molecular flexibility index (Phi) is 7.43. The lowest BCUT2D eigenvalue weighted by Gasteiger charge is -2.40. The van der Waals surface area contributed by atoms with Crippen LogP contribution in [0.4, 0.5) is 4.79 Å². The summed E-state index contributed by atoms with van der Waals surface area (Å²) >= 11 is 0. The third kappa shape index (κ3) is 5.85. The van der Waals surface area contributed by atoms with Crippen LogP contribution < -0.4 is 0 Å². The van der Waals surface area contributed by atoms with Crippen LogP contribution in [0.5, 0.6) is 0 Å². The van der Waals surface area contributed by atoms with Crippen LogP contribution >= 0.6 is 0 Å². The molecule has 3 aliphatic heterocycles. The molecule has 0 N–H and O–H groups in total. The lowest BCUT2D eigenvalue weighted by molar-refractivity contribution is -0.140. The zero-order chi connectivity index (χ0) is 21.0. The van der Waals surface area contributed by atoms with Crippen LogP contribution in [0.15, 0.2) is 0 Å². The Morgan fingerprint density at radius 2 is 2.00 bits per heavy atom. The Hall–Kier alpha value is -1.34. The number of hydrogen-bond acceptors (Lipinski definition) is 5. The van der Waals surface area contributed by atoms with E-state index in [1.54, 1.807) is 0 Å². The van der Waals surface area contributed by atoms with E-state index in [1.165, 1.54) is 0 Å². The molecule has 1 atom stereocenters. The van der Waals surface area contributed by atoms with Gasteiger partial charge in [-0.15, -0.1) is 0 Å². The average molecular weight is 409 g/mol. The highest BCUT2D eigenvalue weighted by Crippen LogP contribution is 2.34. The second kappa shape index (κ2) is 9.65. The molecule has 3 heterocycles. The maximum Gasteiger partial charge on any atom is 0.410 e. The molecule has 0 saturated carbocycles. The van der Waals surface area contributed by atoms with Crippen LogP contribution in [-0.4, -0.2) is 104 Å². The van der Waals surface area contributed by atoms with Gasteiger partial charge in [-0.2, -0.15) is 0 Å². The second-order valence-corrected chi connectivity index (χ2v) is 9.91. The molecule has 0 aromatic carbocycles. The number of carbonyl (C=O) groups is 2. The second-order valence-electron chi connectivity index (χ2n) is 9.91. The Morgan fingerprint density at radius 3 is 2.66 bits per heavy atom. The first-order valence-corrected chi connectivity index (χ1v) is 11.4. The minimum Gasteiger partial charge on any atom is -0.441 e. The summed E-state index contributed by atoms with van der Waals surface area (Å²) < 4.78 is 5.84. The molecule has 7 heteroatoms. The summed E-state index contributed by atoms with van der Waals surface area (Å²) in [4.78, 5) is 33.8. The van der Waals surface area contributed by atoms with Crippen molar-refractivity contribution in [3.63, 3.8) is 0 Å². The smallest absolute Gasteiger partial charge is 0.410 e. The normalized spacial score (nSPS) is 25.3. The van der Waals surface area contributed by atoms with Crippen molar-refractivity contribution >= 4 is 12.0 Å². The van der Waals surface area contributed by atoms with Crippen LogP contribution in [0.1, 0.15) is 46.0 Å². The minimum atomic E-state index is -0.388. The predicted octanol–water partition coefficient (Wildman–Crippen LogP) is 2.12. The van der Waals surface area contributed by atoms with Gasteiger partial charge in [0.2, 0.25) is 5.91 Å². The van der Waals surface area contributed by atoms with E-state index < -0.39 is 0 Å². The monoisotopic (exact) mass is 408 g/mol. The van der Waals surface area contributed by atoms with E-state index in [9.17, 15) is 9.59 Å². The van der Waals surface area contributed by atoms with E-state index in [0.29, 0.717) is 31.5 Å². The van der Waals surface area contributed by atoms with Crippen molar-refractivity contribution in [2.24, 2.45) is 11.8 Å². The molecular formula is C22H40N4O3. The van der Waals surface area contributed by atoms with Crippen LogP contribution in [-0.2, 0) is 9.53 Å². The van der Waals surface area contributed by atoms with E-state index >= 15 is 0 Å². The number of ether oxygens (including phenoxy) is 1. The number of rotatable bonds is 7. The molecular weight excluding hydrogens is 368 g/mol. The highest BCUT2D eigenvalue weighted by molar-refractivity contribution is 5.79. The van der Waals surface area contributed by atoms with Crippen molar-refractivity contribution in [1.29, 1.82) is 0 Å². The number of likely N-dealkylation sites (tertiary alicyclic amines) is 2. The largest absolute Gasteiger partial charge is 0.441 e. The summed E-state index contributed by atoms with van der Waals surface area (Å²) in [5.41, 5.74) is -0.388. The van der Waals surface area contributed by atoms with Gasteiger partial charge in [0, 0.05) is 45.6 Å². The Bertz CT molecular complexity index is 574. The van der Waals surface area contributed by atoms with Gasteiger partial charge in [-0.1, -0.05) is 13.8 Å². The first kappa shape index (κ1) is 22.3. The number of nitrogens with zero attached hydrogens (tertiary/aromatic N) is 4. The van der Waals surface area contributed by atoms with Crippen molar-refractivity contribution in [3.8, 4) is 0 Å². The molecule has 3 rings (SSSR count). The summed E-state index contributed by atoms with van der Waals surface area (Å²) in [5.74, 6) is 1.08. The first-order valence-electron chi connectivity index (χ1n) is 11.4. The lowest BCUT2D eigenvalue weighted by Crippen LogP contribution is -2.51. The molecule has 3 fully saturated rings. The highest BCUT2D eigenvalue weighted by Gasteiger charge is 2.47. The third-order valence-corrected chi connectivity index (χ3v) is 6.65. The quantitative estimate of drug-likeness (QED) is 0.646. The van der Waals surface area contributed by atoms with Gasteiger partial charge in [-0.25, -0.2) is 4.79 Å².